The highest BCUT2D eigenvalue weighted by molar-refractivity contribution is 5.86. The molecule has 0 N–H and O–H groups in total. The van der Waals surface area contributed by atoms with Crippen molar-refractivity contribution >= 4 is 5.78 Å². The van der Waals surface area contributed by atoms with Crippen molar-refractivity contribution in [2.75, 3.05) is 6.61 Å². The van der Waals surface area contributed by atoms with Gasteiger partial charge >= 0.3 is 0 Å². The topological polar surface area (TPSA) is 35.5 Å². The Balaban J connectivity index is 2.31. The average Bonchev–Trinajstić information content (AvgIpc) is 2.41. The second-order valence-electron chi connectivity index (χ2n) is 5.69. The fraction of sp³-hybridized carbons (Fsp3) is 0.917. The van der Waals surface area contributed by atoms with E-state index in [0.717, 1.165) is 12.8 Å². The average molecular weight is 212 g/mol. The number of rotatable bonds is 0. The Morgan fingerprint density at radius 1 is 1.20 bits per heavy atom. The van der Waals surface area contributed by atoms with E-state index in [0.29, 0.717) is 18.8 Å². The molecule has 2 rings (SSSR count). The maximum atomic E-state index is 12.0. The minimum absolute atomic E-state index is 0.301. The zero-order chi connectivity index (χ0) is 11.3. The molecule has 0 aromatic heterocycles. The number of ether oxygens (including phenoxy) is 2. The third-order valence-electron chi connectivity index (χ3n) is 3.91. The lowest BCUT2D eigenvalue weighted by molar-refractivity contribution is -0.196. The van der Waals surface area contributed by atoms with Crippen LogP contribution in [0.25, 0.3) is 0 Å². The number of carbonyl (C=O) groups excluding carboxylic acids is 1. The molecular weight excluding hydrogens is 192 g/mol. The molecule has 86 valence electrons. The molecule has 0 aromatic rings. The normalized spacial score (nSPS) is 38.5. The molecule has 1 aliphatic carbocycles. The summed E-state index contributed by atoms with van der Waals surface area (Å²) < 4.78 is 11.7. The maximum absolute atomic E-state index is 12.0. The zero-order valence-corrected chi connectivity index (χ0v) is 10.1. The van der Waals surface area contributed by atoms with Gasteiger partial charge in [-0.2, -0.15) is 0 Å². The summed E-state index contributed by atoms with van der Waals surface area (Å²) in [5.41, 5.74) is -0.815. The van der Waals surface area contributed by atoms with Gasteiger partial charge in [-0.05, 0) is 26.7 Å². The lowest BCUT2D eigenvalue weighted by atomic mass is 9.65. The summed E-state index contributed by atoms with van der Waals surface area (Å²) in [6, 6.07) is 0. The molecule has 1 spiro atoms. The van der Waals surface area contributed by atoms with E-state index < -0.39 is 16.8 Å². The highest BCUT2D eigenvalue weighted by Crippen LogP contribution is 2.49. The van der Waals surface area contributed by atoms with Crippen LogP contribution in [0.15, 0.2) is 0 Å². The van der Waals surface area contributed by atoms with Gasteiger partial charge in [0.15, 0.2) is 5.79 Å². The highest BCUT2D eigenvalue weighted by atomic mass is 16.8. The van der Waals surface area contributed by atoms with Gasteiger partial charge in [0, 0.05) is 6.42 Å². The largest absolute Gasteiger partial charge is 0.347 e. The van der Waals surface area contributed by atoms with Gasteiger partial charge in [-0.1, -0.05) is 13.8 Å². The molecule has 1 saturated carbocycles. The predicted molar refractivity (Wildman–Crippen MR) is 56.5 cm³/mol. The molecule has 0 amide bonds. The van der Waals surface area contributed by atoms with Crippen LogP contribution in [0.1, 0.15) is 47.0 Å². The summed E-state index contributed by atoms with van der Waals surface area (Å²) in [5, 5.41) is 0. The summed E-state index contributed by atoms with van der Waals surface area (Å²) in [7, 11) is 0. The molecule has 1 aliphatic heterocycles. The van der Waals surface area contributed by atoms with Gasteiger partial charge < -0.3 is 9.47 Å². The van der Waals surface area contributed by atoms with Crippen LogP contribution < -0.4 is 0 Å². The van der Waals surface area contributed by atoms with E-state index in [2.05, 4.69) is 0 Å². The molecule has 1 saturated heterocycles. The lowest BCUT2D eigenvalue weighted by Crippen LogP contribution is -2.54. The SMILES string of the molecule is CC1(C)OC[C@@]2(CCCC(=O)C2(C)C)O1. The summed E-state index contributed by atoms with van der Waals surface area (Å²) in [5.74, 6) is -0.246. The number of Topliss-reactive ketones (excluding diaryl/α,β-unsaturated/α-hetero) is 1. The molecule has 0 radical (unpaired) electrons. The minimum Gasteiger partial charge on any atom is -0.347 e. The third-order valence-corrected chi connectivity index (χ3v) is 3.91. The van der Waals surface area contributed by atoms with Crippen molar-refractivity contribution in [3.63, 3.8) is 0 Å². The molecule has 1 atom stereocenters. The number of hydrogen-bond donors (Lipinski definition) is 0. The Bertz CT molecular complexity index is 293. The third kappa shape index (κ3) is 1.53. The Hall–Kier alpha value is -0.410. The van der Waals surface area contributed by atoms with E-state index in [-0.39, 0.29) is 0 Å². The molecule has 2 aliphatic rings. The fourth-order valence-electron chi connectivity index (χ4n) is 2.66. The van der Waals surface area contributed by atoms with Gasteiger partial charge in [-0.15, -0.1) is 0 Å². The monoisotopic (exact) mass is 212 g/mol. The molecule has 0 bridgehead atoms. The van der Waals surface area contributed by atoms with Crippen LogP contribution in [-0.2, 0) is 14.3 Å². The van der Waals surface area contributed by atoms with Crippen LogP contribution in [0.4, 0.5) is 0 Å². The summed E-state index contributed by atoms with van der Waals surface area (Å²) in [6.07, 6.45) is 2.52. The van der Waals surface area contributed by atoms with Crippen LogP contribution in [0.3, 0.4) is 0 Å². The van der Waals surface area contributed by atoms with Gasteiger partial charge in [-0.3, -0.25) is 4.79 Å². The molecule has 3 heteroatoms. The molecule has 0 aromatic carbocycles. The van der Waals surface area contributed by atoms with Crippen molar-refractivity contribution < 1.29 is 14.3 Å². The van der Waals surface area contributed by atoms with Crippen LogP contribution in [0.2, 0.25) is 0 Å². The smallest absolute Gasteiger partial charge is 0.163 e. The Kier molecular flexibility index (Phi) is 2.25. The zero-order valence-electron chi connectivity index (χ0n) is 10.1. The van der Waals surface area contributed by atoms with E-state index in [1.54, 1.807) is 0 Å². The van der Waals surface area contributed by atoms with Gasteiger partial charge in [-0.25, -0.2) is 0 Å². The van der Waals surface area contributed by atoms with Gasteiger partial charge in [0.25, 0.3) is 0 Å². The molecule has 3 nitrogen and oxygen atoms in total. The minimum atomic E-state index is -0.547. The molecule has 2 fully saturated rings. The van der Waals surface area contributed by atoms with E-state index in [9.17, 15) is 4.79 Å². The van der Waals surface area contributed by atoms with Crippen LogP contribution in [-0.4, -0.2) is 23.8 Å². The second-order valence-corrected chi connectivity index (χ2v) is 5.69. The first-order valence-corrected chi connectivity index (χ1v) is 5.67. The van der Waals surface area contributed by atoms with Crippen LogP contribution in [0, 0.1) is 5.41 Å². The highest BCUT2D eigenvalue weighted by Gasteiger charge is 2.58. The molecular formula is C12H20O3. The summed E-state index contributed by atoms with van der Waals surface area (Å²) in [4.78, 5) is 12.0. The summed E-state index contributed by atoms with van der Waals surface area (Å²) >= 11 is 0. The fourth-order valence-corrected chi connectivity index (χ4v) is 2.66. The second kappa shape index (κ2) is 3.05. The standard InChI is InChI=1S/C12H20O3/c1-10(2)9(13)6-5-7-12(10)8-14-11(3,4)15-12/h5-8H2,1-4H3/t12-/m1/s1. The summed E-state index contributed by atoms with van der Waals surface area (Å²) in [6.45, 7) is 8.34. The van der Waals surface area contributed by atoms with E-state index in [1.165, 1.54) is 0 Å². The van der Waals surface area contributed by atoms with Crippen molar-refractivity contribution in [1.29, 1.82) is 0 Å². The molecule has 0 unspecified atom stereocenters. The number of carbonyl (C=O) groups is 1. The first-order chi connectivity index (χ1) is 6.79. The predicted octanol–water partition coefficient (Wildman–Crippen LogP) is 2.29. The van der Waals surface area contributed by atoms with Crippen molar-refractivity contribution in [1.82, 2.24) is 0 Å². The van der Waals surface area contributed by atoms with E-state index >= 15 is 0 Å². The van der Waals surface area contributed by atoms with Crippen molar-refractivity contribution in [3.8, 4) is 0 Å². The molecule has 1 heterocycles. The number of hydrogen-bond acceptors (Lipinski definition) is 3. The Labute approximate surface area is 91.1 Å². The van der Waals surface area contributed by atoms with Crippen molar-refractivity contribution in [2.45, 2.75) is 58.3 Å². The number of ketones is 1. The maximum Gasteiger partial charge on any atom is 0.163 e. The van der Waals surface area contributed by atoms with Crippen molar-refractivity contribution in [2.24, 2.45) is 5.41 Å². The van der Waals surface area contributed by atoms with Crippen LogP contribution in [0.5, 0.6) is 0 Å². The molecule has 15 heavy (non-hydrogen) atoms. The van der Waals surface area contributed by atoms with Crippen LogP contribution >= 0.6 is 0 Å². The van der Waals surface area contributed by atoms with Gasteiger partial charge in [0.1, 0.15) is 11.4 Å². The lowest BCUT2D eigenvalue weighted by Gasteiger charge is -2.45. The van der Waals surface area contributed by atoms with Gasteiger partial charge in [0.05, 0.1) is 12.0 Å². The first kappa shape index (κ1) is 11.1. The van der Waals surface area contributed by atoms with E-state index in [1.807, 2.05) is 27.7 Å². The quantitative estimate of drug-likeness (QED) is 0.618. The van der Waals surface area contributed by atoms with E-state index in [4.69, 9.17) is 9.47 Å². The first-order valence-electron chi connectivity index (χ1n) is 5.67. The van der Waals surface area contributed by atoms with Gasteiger partial charge in [0.2, 0.25) is 0 Å². The van der Waals surface area contributed by atoms with Crippen molar-refractivity contribution in [3.05, 3.63) is 0 Å². The Morgan fingerprint density at radius 3 is 2.40 bits per heavy atom. The Morgan fingerprint density at radius 2 is 1.87 bits per heavy atom.